The molecule has 9 atom stereocenters. The van der Waals surface area contributed by atoms with Gasteiger partial charge in [-0.05, 0) is 105 Å². The van der Waals surface area contributed by atoms with Crippen molar-refractivity contribution in [2.75, 3.05) is 6.54 Å². The Hall–Kier alpha value is -2.40. The largest absolute Gasteiger partial charge is 0.445 e. The van der Waals surface area contributed by atoms with E-state index in [-0.39, 0.29) is 35.2 Å². The predicted octanol–water partition coefficient (Wildman–Crippen LogP) is 8.10. The summed E-state index contributed by atoms with van der Waals surface area (Å²) < 4.78 is 13.1. The van der Waals surface area contributed by atoms with E-state index in [2.05, 4.69) is 33.8 Å². The molecule has 4 fully saturated rings. The zero-order chi connectivity index (χ0) is 28.5. The molecule has 2 heterocycles. The van der Waals surface area contributed by atoms with Crippen LogP contribution >= 0.6 is 0 Å². The number of piperidine rings is 1. The van der Waals surface area contributed by atoms with Gasteiger partial charge in [-0.25, -0.2) is 4.79 Å². The van der Waals surface area contributed by atoms with Gasteiger partial charge >= 0.3 is 6.09 Å². The topological polar surface area (TPSA) is 62.6 Å². The maximum absolute atomic E-state index is 13.5. The van der Waals surface area contributed by atoms with Crippen molar-refractivity contribution in [3.63, 3.8) is 0 Å². The first-order valence-corrected chi connectivity index (χ1v) is 16.3. The summed E-state index contributed by atoms with van der Waals surface area (Å²) in [6.07, 6.45) is 12.2. The predicted molar refractivity (Wildman–Crippen MR) is 162 cm³/mol. The highest BCUT2D eigenvalue weighted by Crippen LogP contribution is 2.64. The normalized spacial score (nSPS) is 41.8. The van der Waals surface area contributed by atoms with E-state index in [1.165, 1.54) is 25.7 Å². The van der Waals surface area contributed by atoms with Gasteiger partial charge in [0.2, 0.25) is 0 Å². The van der Waals surface area contributed by atoms with Gasteiger partial charge in [-0.15, -0.1) is 0 Å². The van der Waals surface area contributed by atoms with Crippen molar-refractivity contribution in [1.29, 1.82) is 5.41 Å². The molecule has 1 aromatic carbocycles. The van der Waals surface area contributed by atoms with Crippen LogP contribution in [-0.4, -0.2) is 41.0 Å². The molecule has 220 valence electrons. The summed E-state index contributed by atoms with van der Waals surface area (Å²) in [5.74, 6) is 2.82. The second kappa shape index (κ2) is 10.1. The Bertz CT molecular complexity index is 1280. The minimum Gasteiger partial charge on any atom is -0.445 e. The molecule has 5 heteroatoms. The van der Waals surface area contributed by atoms with Crippen molar-refractivity contribution in [2.24, 2.45) is 35.0 Å². The number of fused-ring (bicyclic) bond motifs is 6. The number of nitrogens with zero attached hydrogens (tertiary/aromatic N) is 1. The molecule has 6 aliphatic rings. The summed E-state index contributed by atoms with van der Waals surface area (Å²) >= 11 is 0. The number of rotatable bonds is 2. The number of ether oxygens (including phenoxy) is 2. The van der Waals surface area contributed by atoms with E-state index >= 15 is 0 Å². The fourth-order valence-corrected chi connectivity index (χ4v) is 10.4. The van der Waals surface area contributed by atoms with E-state index in [1.807, 2.05) is 35.2 Å². The number of allylic oxidation sites excluding steroid dienone is 3. The smallest absolute Gasteiger partial charge is 0.410 e. The molecule has 4 aliphatic carbocycles. The zero-order valence-electron chi connectivity index (χ0n) is 25.5. The van der Waals surface area contributed by atoms with Crippen molar-refractivity contribution in [3.8, 4) is 0 Å². The minimum atomic E-state index is -0.197. The van der Waals surface area contributed by atoms with Crippen LogP contribution in [0, 0.1) is 40.4 Å². The molecule has 0 radical (unpaired) electrons. The molecule has 2 saturated heterocycles. The lowest BCUT2D eigenvalue weighted by molar-refractivity contribution is -0.0784. The summed E-state index contributed by atoms with van der Waals surface area (Å²) in [6, 6.07) is 10.1. The monoisotopic (exact) mass is 556 g/mol. The summed E-state index contributed by atoms with van der Waals surface area (Å²) in [7, 11) is 0. The van der Waals surface area contributed by atoms with Crippen molar-refractivity contribution < 1.29 is 14.3 Å². The lowest BCUT2D eigenvalue weighted by Gasteiger charge is -2.48. The first kappa shape index (κ1) is 27.4. The Morgan fingerprint density at radius 2 is 1.95 bits per heavy atom. The number of carbonyl (C=O) groups is 1. The first-order valence-electron chi connectivity index (χ1n) is 16.3. The highest BCUT2D eigenvalue weighted by atomic mass is 16.6. The highest BCUT2D eigenvalue weighted by Gasteiger charge is 2.60. The average Bonchev–Trinajstić information content (AvgIpc) is 3.42. The van der Waals surface area contributed by atoms with Gasteiger partial charge in [0.1, 0.15) is 6.61 Å². The van der Waals surface area contributed by atoms with Crippen LogP contribution in [-0.2, 0) is 16.1 Å². The molecule has 5 nitrogen and oxygen atoms in total. The molecule has 0 aromatic heterocycles. The molecule has 1 N–H and O–H groups in total. The molecule has 0 bridgehead atoms. The van der Waals surface area contributed by atoms with Crippen LogP contribution < -0.4 is 0 Å². The van der Waals surface area contributed by atoms with Crippen molar-refractivity contribution in [2.45, 2.75) is 110 Å². The molecule has 1 spiro atoms. The second-order valence-corrected chi connectivity index (χ2v) is 14.8. The van der Waals surface area contributed by atoms with Crippen LogP contribution in [0.15, 0.2) is 53.1 Å². The average molecular weight is 557 g/mol. The van der Waals surface area contributed by atoms with Gasteiger partial charge in [-0.1, -0.05) is 67.8 Å². The SMILES string of the molecule is CC1=C2C[C@H]3[C@@H](CCC4=CC(=N)CC[C@@]43C)[C@@H]2CC[C@@]2(C1)O[C@@H]1C[C@H](C)CN(C(=O)OCc3ccccc3)[C@H]1[C@H]2C. The molecular weight excluding hydrogens is 508 g/mol. The molecule has 2 aliphatic heterocycles. The summed E-state index contributed by atoms with van der Waals surface area (Å²) in [6.45, 7) is 10.6. The third-order valence-corrected chi connectivity index (χ3v) is 12.5. The lowest BCUT2D eigenvalue weighted by Crippen LogP contribution is -2.54. The fourth-order valence-electron chi connectivity index (χ4n) is 10.4. The lowest BCUT2D eigenvalue weighted by atomic mass is 9.56. The summed E-state index contributed by atoms with van der Waals surface area (Å²) in [4.78, 5) is 15.5. The molecule has 0 unspecified atom stereocenters. The Balaban J connectivity index is 1.12. The van der Waals surface area contributed by atoms with Crippen LogP contribution in [0.2, 0.25) is 0 Å². The van der Waals surface area contributed by atoms with Crippen molar-refractivity contribution in [3.05, 3.63) is 58.7 Å². The standard InChI is InChI=1S/C36H48N2O3/c1-22-16-32-33(38(20-22)34(39)40-21-25-8-6-5-7-9-25)24(3)36(41-32)15-13-28-29-11-10-26-17-27(37)12-14-35(26,4)31(29)18-30(28)23(2)19-36/h5-9,17,22,24,28-29,31-33,37H,10-16,18-21H2,1-4H3/t22-,24+,28-,29-,31-,32+,33-,35-,36-/m0/s1. The van der Waals surface area contributed by atoms with Crippen LogP contribution in [0.1, 0.15) is 91.0 Å². The molecule has 41 heavy (non-hydrogen) atoms. The van der Waals surface area contributed by atoms with Crippen LogP contribution in [0.4, 0.5) is 4.79 Å². The van der Waals surface area contributed by atoms with E-state index in [4.69, 9.17) is 14.9 Å². The van der Waals surface area contributed by atoms with Crippen LogP contribution in [0.25, 0.3) is 0 Å². The number of benzene rings is 1. The van der Waals surface area contributed by atoms with Crippen molar-refractivity contribution in [1.82, 2.24) is 4.90 Å². The molecule has 2 saturated carbocycles. The number of amides is 1. The van der Waals surface area contributed by atoms with Gasteiger partial charge in [0.25, 0.3) is 0 Å². The van der Waals surface area contributed by atoms with E-state index < -0.39 is 0 Å². The van der Waals surface area contributed by atoms with Crippen molar-refractivity contribution >= 4 is 11.8 Å². The van der Waals surface area contributed by atoms with E-state index in [0.29, 0.717) is 18.4 Å². The fraction of sp³-hybridized carbons (Fsp3) is 0.667. The van der Waals surface area contributed by atoms with Crippen LogP contribution in [0.3, 0.4) is 0 Å². The third-order valence-electron chi connectivity index (χ3n) is 12.5. The Labute approximate surface area is 246 Å². The number of hydrogen-bond donors (Lipinski definition) is 1. The van der Waals surface area contributed by atoms with Gasteiger partial charge in [-0.3, -0.25) is 0 Å². The Morgan fingerprint density at radius 1 is 1.15 bits per heavy atom. The molecular formula is C36H48N2O3. The quantitative estimate of drug-likeness (QED) is 0.374. The number of likely N-dealkylation sites (tertiary alicyclic amines) is 1. The van der Waals surface area contributed by atoms with Gasteiger partial charge in [-0.2, -0.15) is 0 Å². The maximum atomic E-state index is 13.5. The van der Waals surface area contributed by atoms with Gasteiger partial charge in [0, 0.05) is 18.2 Å². The zero-order valence-corrected chi connectivity index (χ0v) is 25.5. The highest BCUT2D eigenvalue weighted by molar-refractivity contribution is 5.94. The van der Waals surface area contributed by atoms with E-state index in [1.54, 1.807) is 16.7 Å². The molecule has 1 aromatic rings. The second-order valence-electron chi connectivity index (χ2n) is 14.8. The number of nitrogens with one attached hydrogen (secondary N) is 1. The minimum absolute atomic E-state index is 0.0804. The van der Waals surface area contributed by atoms with E-state index in [9.17, 15) is 4.79 Å². The third kappa shape index (κ3) is 4.44. The van der Waals surface area contributed by atoms with Gasteiger partial charge in [0.05, 0.1) is 17.7 Å². The first-order chi connectivity index (χ1) is 19.7. The molecule has 7 rings (SSSR count). The Morgan fingerprint density at radius 3 is 2.76 bits per heavy atom. The van der Waals surface area contributed by atoms with Gasteiger partial charge < -0.3 is 19.8 Å². The summed E-state index contributed by atoms with van der Waals surface area (Å²) in [5, 5.41) is 8.27. The van der Waals surface area contributed by atoms with E-state index in [0.717, 1.165) is 61.8 Å². The van der Waals surface area contributed by atoms with Crippen LogP contribution in [0.5, 0.6) is 0 Å². The Kier molecular flexibility index (Phi) is 6.76. The summed E-state index contributed by atoms with van der Waals surface area (Å²) in [5.41, 5.74) is 6.80. The maximum Gasteiger partial charge on any atom is 0.410 e. The van der Waals surface area contributed by atoms with Gasteiger partial charge in [0.15, 0.2) is 0 Å². The number of carbonyl (C=O) groups excluding carboxylic acids is 1. The molecule has 1 amide bonds. The number of hydrogen-bond acceptors (Lipinski definition) is 4.